The number of aryl methyl sites for hydroxylation is 1. The molecule has 2 heterocycles. The van der Waals surface area contributed by atoms with Gasteiger partial charge >= 0.3 is 0 Å². The fourth-order valence-corrected chi connectivity index (χ4v) is 6.05. The summed E-state index contributed by atoms with van der Waals surface area (Å²) in [5.74, 6) is -4.37. The molecule has 0 saturated carbocycles. The molecular formula is C30H27F3N4O5S. The Bertz CT molecular complexity index is 1910. The number of halogens is 3. The van der Waals surface area contributed by atoms with Crippen LogP contribution in [0.2, 0.25) is 0 Å². The van der Waals surface area contributed by atoms with Crippen LogP contribution in [0.1, 0.15) is 36.5 Å². The third-order valence-electron chi connectivity index (χ3n) is 7.20. The lowest BCUT2D eigenvalue weighted by Crippen LogP contribution is -2.29. The number of para-hydroxylation sites is 1. The van der Waals surface area contributed by atoms with Crippen molar-refractivity contribution in [2.45, 2.75) is 36.6 Å². The predicted molar refractivity (Wildman–Crippen MR) is 155 cm³/mol. The molecule has 4 aromatic rings. The Labute approximate surface area is 245 Å². The van der Waals surface area contributed by atoms with Crippen LogP contribution in [0.4, 0.5) is 13.2 Å². The zero-order valence-corrected chi connectivity index (χ0v) is 24.0. The molecule has 9 nitrogen and oxygen atoms in total. The normalized spacial score (nSPS) is 17.2. The van der Waals surface area contributed by atoms with E-state index >= 15 is 4.39 Å². The fourth-order valence-electron chi connectivity index (χ4n) is 5.01. The van der Waals surface area contributed by atoms with Crippen molar-refractivity contribution in [2.24, 2.45) is 15.7 Å². The first kappa shape index (κ1) is 29.8. The van der Waals surface area contributed by atoms with Crippen LogP contribution in [-0.4, -0.2) is 44.7 Å². The number of aromatic nitrogens is 1. The molecule has 224 valence electrons. The van der Waals surface area contributed by atoms with Crippen molar-refractivity contribution in [3.05, 3.63) is 82.8 Å². The number of carbonyl (C=O) groups is 1. The van der Waals surface area contributed by atoms with Gasteiger partial charge in [0.15, 0.2) is 21.4 Å². The quantitative estimate of drug-likeness (QED) is 0.113. The highest BCUT2D eigenvalue weighted by atomic mass is 32.2. The van der Waals surface area contributed by atoms with E-state index in [4.69, 9.17) is 15.2 Å². The Morgan fingerprint density at radius 1 is 1.19 bits per heavy atom. The van der Waals surface area contributed by atoms with E-state index in [9.17, 15) is 22.0 Å². The number of nitrogens with two attached hydrogens (primary N) is 1. The number of H-pyrrole nitrogens is 1. The van der Waals surface area contributed by atoms with Gasteiger partial charge in [0, 0.05) is 36.2 Å². The molecule has 0 amide bonds. The molecule has 0 aliphatic carbocycles. The smallest absolute Gasteiger partial charge is 0.204 e. The maximum atomic E-state index is 15.0. The molecular weight excluding hydrogens is 585 g/mol. The summed E-state index contributed by atoms with van der Waals surface area (Å²) >= 11 is 0. The van der Waals surface area contributed by atoms with Crippen LogP contribution >= 0.6 is 0 Å². The molecule has 3 aromatic carbocycles. The molecule has 1 aliphatic rings. The summed E-state index contributed by atoms with van der Waals surface area (Å²) in [6, 6.07) is 10.1. The maximum Gasteiger partial charge on any atom is 0.204 e. The second-order valence-electron chi connectivity index (χ2n) is 10.2. The molecule has 1 atom stereocenters. The predicted octanol–water partition coefficient (Wildman–Crippen LogP) is 5.34. The van der Waals surface area contributed by atoms with Gasteiger partial charge in [-0.2, -0.15) is 4.39 Å². The number of hydrogen-bond acceptors (Lipinski definition) is 6. The van der Waals surface area contributed by atoms with Gasteiger partial charge in [-0.05, 0) is 43.2 Å². The highest BCUT2D eigenvalue weighted by Crippen LogP contribution is 2.42. The molecule has 0 spiro atoms. The lowest BCUT2D eigenvalue weighted by Gasteiger charge is -2.33. The van der Waals surface area contributed by atoms with Gasteiger partial charge in [-0.1, -0.05) is 18.2 Å². The van der Waals surface area contributed by atoms with Gasteiger partial charge in [0.05, 0.1) is 23.2 Å². The van der Waals surface area contributed by atoms with Crippen LogP contribution in [-0.2, 0) is 26.6 Å². The number of rotatable bonds is 9. The van der Waals surface area contributed by atoms with Crippen LogP contribution in [0.15, 0.2) is 63.5 Å². The highest BCUT2D eigenvalue weighted by molar-refractivity contribution is 7.91. The lowest BCUT2D eigenvalue weighted by molar-refractivity contribution is -0.107. The minimum Gasteiger partial charge on any atom is -0.493 e. The third kappa shape index (κ3) is 5.72. The molecule has 0 bridgehead atoms. The molecule has 1 aliphatic heterocycles. The number of nitrogens with one attached hydrogen (secondary N) is 1. The Morgan fingerprint density at radius 3 is 2.72 bits per heavy atom. The Hall–Kier alpha value is -4.65. The molecule has 5 rings (SSSR count). The average molecular weight is 613 g/mol. The molecule has 0 fully saturated rings. The number of nitrogens with zero attached hydrogens (tertiary/aromatic N) is 2. The third-order valence-corrected chi connectivity index (χ3v) is 8.34. The van der Waals surface area contributed by atoms with Gasteiger partial charge in [0.1, 0.15) is 40.7 Å². The zero-order valence-electron chi connectivity index (χ0n) is 23.2. The summed E-state index contributed by atoms with van der Waals surface area (Å²) in [7, 11) is -4.10. The number of aromatic amines is 1. The molecule has 0 radical (unpaired) electrons. The average Bonchev–Trinajstić information content (AvgIpc) is 3.44. The zero-order chi connectivity index (χ0) is 30.9. The van der Waals surface area contributed by atoms with Crippen molar-refractivity contribution < 1.29 is 35.9 Å². The first-order valence-corrected chi connectivity index (χ1v) is 15.1. The van der Waals surface area contributed by atoms with E-state index in [0.29, 0.717) is 31.6 Å². The largest absolute Gasteiger partial charge is 0.493 e. The molecule has 43 heavy (non-hydrogen) atoms. The van der Waals surface area contributed by atoms with Crippen molar-refractivity contribution in [2.75, 3.05) is 12.9 Å². The number of hydrogen-bond donors (Lipinski definition) is 2. The number of aliphatic imine (C=N–C) groups is 2. The summed E-state index contributed by atoms with van der Waals surface area (Å²) < 4.78 is 81.0. The van der Waals surface area contributed by atoms with E-state index < -0.39 is 43.5 Å². The van der Waals surface area contributed by atoms with E-state index in [1.54, 1.807) is 0 Å². The van der Waals surface area contributed by atoms with Crippen LogP contribution in [0.5, 0.6) is 17.2 Å². The Kier molecular flexibility index (Phi) is 8.02. The minimum atomic E-state index is -4.10. The Morgan fingerprint density at radius 2 is 1.98 bits per heavy atom. The van der Waals surface area contributed by atoms with E-state index in [0.717, 1.165) is 41.9 Å². The standard InChI is InChI=1S/C30H27F3N4O5S/c1-30(11-14-41-26-17(6-4-13-38)5-3-7-21(26)30)37-16-36-29(34)20-15-18(8-9-22(20)31)42-27-24(33)23(32)25-19(10-12-35-25)28(27)43(2,39)40/h3,5,7-10,12-13,15-16,35H,4,6,11,14H2,1-2H3,(H2,34,36,37). The maximum absolute atomic E-state index is 15.0. The van der Waals surface area contributed by atoms with Crippen LogP contribution in [0.25, 0.3) is 10.9 Å². The summed E-state index contributed by atoms with van der Waals surface area (Å²) in [4.78, 5) is 21.5. The van der Waals surface area contributed by atoms with Gasteiger partial charge < -0.3 is 25.0 Å². The first-order valence-electron chi connectivity index (χ1n) is 13.2. The number of sulfone groups is 1. The van der Waals surface area contributed by atoms with Crippen LogP contribution in [0, 0.1) is 17.5 Å². The van der Waals surface area contributed by atoms with Crippen molar-refractivity contribution in [3.8, 4) is 17.2 Å². The number of benzene rings is 3. The monoisotopic (exact) mass is 612 g/mol. The number of carbonyl (C=O) groups excluding carboxylic acids is 1. The number of amidine groups is 1. The van der Waals surface area contributed by atoms with Crippen molar-refractivity contribution in [1.29, 1.82) is 0 Å². The number of aldehydes is 1. The van der Waals surface area contributed by atoms with Gasteiger partial charge in [0.25, 0.3) is 0 Å². The summed E-state index contributed by atoms with van der Waals surface area (Å²) in [5, 5.41) is -0.102. The Balaban J connectivity index is 1.46. The van der Waals surface area contributed by atoms with Crippen molar-refractivity contribution in [3.63, 3.8) is 0 Å². The topological polar surface area (TPSA) is 136 Å². The molecule has 1 unspecified atom stereocenters. The van der Waals surface area contributed by atoms with Crippen LogP contribution in [0.3, 0.4) is 0 Å². The molecule has 13 heteroatoms. The molecule has 1 aromatic heterocycles. The molecule has 3 N–H and O–H groups in total. The lowest BCUT2D eigenvalue weighted by atomic mass is 9.85. The van der Waals surface area contributed by atoms with Crippen molar-refractivity contribution in [1.82, 2.24) is 4.98 Å². The summed E-state index contributed by atoms with van der Waals surface area (Å²) in [6.45, 7) is 2.27. The van der Waals surface area contributed by atoms with Gasteiger partial charge in [-0.25, -0.2) is 22.2 Å². The highest BCUT2D eigenvalue weighted by Gasteiger charge is 2.34. The van der Waals surface area contributed by atoms with Gasteiger partial charge in [-0.15, -0.1) is 0 Å². The van der Waals surface area contributed by atoms with Gasteiger partial charge in [-0.3, -0.25) is 4.99 Å². The minimum absolute atomic E-state index is 0.102. The van der Waals surface area contributed by atoms with E-state index in [-0.39, 0.29) is 28.1 Å². The van der Waals surface area contributed by atoms with E-state index in [1.807, 2.05) is 25.1 Å². The second-order valence-corrected chi connectivity index (χ2v) is 12.2. The van der Waals surface area contributed by atoms with E-state index in [2.05, 4.69) is 15.0 Å². The van der Waals surface area contributed by atoms with Crippen LogP contribution < -0.4 is 15.2 Å². The second kappa shape index (κ2) is 11.6. The van der Waals surface area contributed by atoms with E-state index in [1.165, 1.54) is 18.6 Å². The fraction of sp³-hybridized carbons (Fsp3) is 0.233. The first-order chi connectivity index (χ1) is 20.4. The number of fused-ring (bicyclic) bond motifs is 2. The molecule has 0 saturated heterocycles. The van der Waals surface area contributed by atoms with Gasteiger partial charge in [0.2, 0.25) is 5.82 Å². The number of ether oxygens (including phenoxy) is 2. The van der Waals surface area contributed by atoms with Crippen molar-refractivity contribution >= 4 is 39.2 Å². The SMILES string of the molecule is CC1(N=CN=C(N)c2cc(Oc3c(F)c(F)c4[nH]ccc4c3S(C)(=O)=O)ccc2F)CCOc2c(CCC=O)cccc21. The summed E-state index contributed by atoms with van der Waals surface area (Å²) in [5.41, 5.74) is 6.47. The summed E-state index contributed by atoms with van der Waals surface area (Å²) in [6.07, 6.45) is 5.55.